The molecule has 0 saturated carbocycles. The van der Waals surface area contributed by atoms with Crippen molar-refractivity contribution in [3.63, 3.8) is 0 Å². The van der Waals surface area contributed by atoms with Gasteiger partial charge >= 0.3 is 6.72 Å². The molecule has 0 fully saturated rings. The van der Waals surface area contributed by atoms with Gasteiger partial charge in [0.25, 0.3) is 0 Å². The SMILES string of the molecule is CCCCc1ccc(OP(O)(O)=S)cc1. The summed E-state index contributed by atoms with van der Waals surface area (Å²) in [5.74, 6) is 0.406. The van der Waals surface area contributed by atoms with Crippen molar-refractivity contribution >= 4 is 18.5 Å². The fraction of sp³-hybridized carbons (Fsp3) is 0.400. The molecule has 1 aromatic carbocycles. The zero-order chi connectivity index (χ0) is 11.3. The minimum atomic E-state index is -3.59. The predicted molar refractivity (Wildman–Crippen MR) is 64.4 cm³/mol. The van der Waals surface area contributed by atoms with Crippen molar-refractivity contribution in [1.29, 1.82) is 0 Å². The number of hydrogen-bond donors (Lipinski definition) is 2. The molecule has 5 heteroatoms. The number of rotatable bonds is 5. The minimum Gasteiger partial charge on any atom is -0.424 e. The third kappa shape index (κ3) is 5.28. The molecular weight excluding hydrogens is 231 g/mol. The summed E-state index contributed by atoms with van der Waals surface area (Å²) in [5.41, 5.74) is 1.22. The molecule has 84 valence electrons. The lowest BCUT2D eigenvalue weighted by molar-refractivity contribution is 0.370. The van der Waals surface area contributed by atoms with Crippen LogP contribution in [0, 0.1) is 0 Å². The Hall–Kier alpha value is -0.410. The first-order chi connectivity index (χ1) is 7.01. The van der Waals surface area contributed by atoms with Crippen molar-refractivity contribution in [3.8, 4) is 5.75 Å². The van der Waals surface area contributed by atoms with Gasteiger partial charge in [-0.1, -0.05) is 25.5 Å². The normalized spacial score (nSPS) is 11.4. The Morgan fingerprint density at radius 2 is 1.87 bits per heavy atom. The van der Waals surface area contributed by atoms with E-state index in [2.05, 4.69) is 18.7 Å². The highest BCUT2D eigenvalue weighted by atomic mass is 32.5. The van der Waals surface area contributed by atoms with Gasteiger partial charge in [0.05, 0.1) is 0 Å². The third-order valence-electron chi connectivity index (χ3n) is 1.97. The van der Waals surface area contributed by atoms with E-state index in [-0.39, 0.29) is 0 Å². The first kappa shape index (κ1) is 12.7. The summed E-state index contributed by atoms with van der Waals surface area (Å²) >= 11 is 4.37. The summed E-state index contributed by atoms with van der Waals surface area (Å²) in [6, 6.07) is 7.24. The van der Waals surface area contributed by atoms with Crippen LogP contribution in [0.1, 0.15) is 25.3 Å². The molecule has 0 aliphatic heterocycles. The number of aryl methyl sites for hydroxylation is 1. The topological polar surface area (TPSA) is 49.7 Å². The van der Waals surface area contributed by atoms with Gasteiger partial charge < -0.3 is 14.3 Å². The van der Waals surface area contributed by atoms with E-state index in [1.165, 1.54) is 5.56 Å². The highest BCUT2D eigenvalue weighted by molar-refractivity contribution is 8.06. The van der Waals surface area contributed by atoms with E-state index in [1.807, 2.05) is 12.1 Å². The van der Waals surface area contributed by atoms with Crippen LogP contribution in [-0.4, -0.2) is 9.79 Å². The number of unbranched alkanes of at least 4 members (excludes halogenated alkanes) is 1. The molecule has 3 nitrogen and oxygen atoms in total. The van der Waals surface area contributed by atoms with Crippen LogP contribution in [0.5, 0.6) is 5.75 Å². The first-order valence-electron chi connectivity index (χ1n) is 4.85. The van der Waals surface area contributed by atoms with E-state index in [9.17, 15) is 0 Å². The maximum atomic E-state index is 8.94. The van der Waals surface area contributed by atoms with Gasteiger partial charge in [0.1, 0.15) is 5.75 Å². The van der Waals surface area contributed by atoms with Crippen molar-refractivity contribution in [3.05, 3.63) is 29.8 Å². The Bertz CT molecular complexity index is 344. The molecule has 0 atom stereocenters. The Morgan fingerprint density at radius 3 is 2.33 bits per heavy atom. The van der Waals surface area contributed by atoms with Crippen molar-refractivity contribution < 1.29 is 14.3 Å². The molecule has 0 radical (unpaired) electrons. The molecule has 0 unspecified atom stereocenters. The van der Waals surface area contributed by atoms with Crippen LogP contribution in [0.2, 0.25) is 0 Å². The number of benzene rings is 1. The average molecular weight is 246 g/mol. The molecule has 0 aliphatic carbocycles. The molecule has 0 amide bonds. The summed E-state index contributed by atoms with van der Waals surface area (Å²) < 4.78 is 4.80. The molecule has 1 rings (SSSR count). The Morgan fingerprint density at radius 1 is 1.27 bits per heavy atom. The van der Waals surface area contributed by atoms with E-state index in [0.29, 0.717) is 5.75 Å². The monoisotopic (exact) mass is 246 g/mol. The fourth-order valence-electron chi connectivity index (χ4n) is 1.24. The zero-order valence-electron chi connectivity index (χ0n) is 8.59. The van der Waals surface area contributed by atoms with E-state index < -0.39 is 6.72 Å². The van der Waals surface area contributed by atoms with Gasteiger partial charge in [-0.25, -0.2) is 0 Å². The fourth-order valence-corrected chi connectivity index (χ4v) is 1.89. The van der Waals surface area contributed by atoms with Gasteiger partial charge in [-0.2, -0.15) is 0 Å². The van der Waals surface area contributed by atoms with Gasteiger partial charge in [0.2, 0.25) is 0 Å². The first-order valence-corrected chi connectivity index (χ1v) is 7.48. The van der Waals surface area contributed by atoms with Crippen LogP contribution >= 0.6 is 6.72 Å². The average Bonchev–Trinajstić information content (AvgIpc) is 2.14. The van der Waals surface area contributed by atoms with E-state index in [1.54, 1.807) is 12.1 Å². The maximum Gasteiger partial charge on any atom is 0.375 e. The van der Waals surface area contributed by atoms with Gasteiger partial charge in [-0.05, 0) is 30.5 Å². The number of hydrogen-bond acceptors (Lipinski definition) is 2. The molecule has 2 N–H and O–H groups in total. The van der Waals surface area contributed by atoms with Gasteiger partial charge in [-0.15, -0.1) is 0 Å². The van der Waals surface area contributed by atoms with Gasteiger partial charge in [0, 0.05) is 11.8 Å². The van der Waals surface area contributed by atoms with Crippen LogP contribution in [0.3, 0.4) is 0 Å². The lowest BCUT2D eigenvalue weighted by Crippen LogP contribution is -1.90. The van der Waals surface area contributed by atoms with E-state index in [0.717, 1.165) is 19.3 Å². The van der Waals surface area contributed by atoms with Crippen LogP contribution in [0.4, 0.5) is 0 Å². The highest BCUT2D eigenvalue weighted by Gasteiger charge is 2.09. The smallest absolute Gasteiger partial charge is 0.375 e. The van der Waals surface area contributed by atoms with Crippen LogP contribution < -0.4 is 4.52 Å². The standard InChI is InChI=1S/C10H15O3PS/c1-2-3-4-9-5-7-10(8-6-9)13-14(11,12)15/h5-8H,2-4H2,1H3,(H2,11,12,15). The predicted octanol–water partition coefficient (Wildman–Crippen LogP) is 2.62. The second-order valence-corrected chi connectivity index (χ2v) is 5.92. The molecule has 0 aromatic heterocycles. The summed E-state index contributed by atoms with van der Waals surface area (Å²) in [4.78, 5) is 17.9. The molecule has 0 heterocycles. The van der Waals surface area contributed by atoms with Crippen molar-refractivity contribution in [2.75, 3.05) is 0 Å². The van der Waals surface area contributed by atoms with Crippen molar-refractivity contribution in [1.82, 2.24) is 0 Å². The molecule has 0 aliphatic rings. The van der Waals surface area contributed by atoms with Gasteiger partial charge in [0.15, 0.2) is 0 Å². The van der Waals surface area contributed by atoms with Crippen LogP contribution in [0.15, 0.2) is 24.3 Å². The molecule has 15 heavy (non-hydrogen) atoms. The summed E-state index contributed by atoms with van der Waals surface area (Å²) in [7, 11) is 0. The van der Waals surface area contributed by atoms with Crippen LogP contribution in [-0.2, 0) is 18.2 Å². The van der Waals surface area contributed by atoms with Crippen LogP contribution in [0.25, 0.3) is 0 Å². The third-order valence-corrected chi connectivity index (χ3v) is 2.64. The molecular formula is C10H15O3PS. The zero-order valence-corrected chi connectivity index (χ0v) is 10.3. The van der Waals surface area contributed by atoms with Gasteiger partial charge in [-0.3, -0.25) is 0 Å². The summed E-state index contributed by atoms with van der Waals surface area (Å²) in [6.45, 7) is -1.45. The lowest BCUT2D eigenvalue weighted by Gasteiger charge is -2.10. The summed E-state index contributed by atoms with van der Waals surface area (Å²) in [5, 5.41) is 0. The Balaban J connectivity index is 2.60. The highest BCUT2D eigenvalue weighted by Crippen LogP contribution is 2.37. The minimum absolute atomic E-state index is 0.406. The van der Waals surface area contributed by atoms with Crippen molar-refractivity contribution in [2.24, 2.45) is 0 Å². The second-order valence-electron chi connectivity index (χ2n) is 3.33. The quantitative estimate of drug-likeness (QED) is 0.784. The molecule has 0 saturated heterocycles. The van der Waals surface area contributed by atoms with Crippen molar-refractivity contribution in [2.45, 2.75) is 26.2 Å². The second kappa shape index (κ2) is 5.61. The summed E-state index contributed by atoms with van der Waals surface area (Å²) in [6.07, 6.45) is 3.34. The van der Waals surface area contributed by atoms with E-state index >= 15 is 0 Å². The molecule has 1 aromatic rings. The molecule has 0 bridgehead atoms. The Labute approximate surface area is 95.0 Å². The Kier molecular flexibility index (Phi) is 4.74. The maximum absolute atomic E-state index is 8.94. The largest absolute Gasteiger partial charge is 0.424 e. The molecule has 0 spiro atoms. The van der Waals surface area contributed by atoms with E-state index in [4.69, 9.17) is 14.3 Å². The lowest BCUT2D eigenvalue weighted by atomic mass is 10.1.